The first-order valence-corrected chi connectivity index (χ1v) is 6.64. The summed E-state index contributed by atoms with van der Waals surface area (Å²) in [4.78, 5) is 15.2. The van der Waals surface area contributed by atoms with Crippen molar-refractivity contribution >= 4 is 33.2 Å². The van der Waals surface area contributed by atoms with E-state index in [1.54, 1.807) is 6.92 Å². The van der Waals surface area contributed by atoms with Crippen LogP contribution in [0, 0.1) is 0 Å². The Morgan fingerprint density at radius 2 is 2.38 bits per heavy atom. The van der Waals surface area contributed by atoms with Gasteiger partial charge in [-0.15, -0.1) is 11.3 Å². The molecule has 0 aliphatic heterocycles. The van der Waals surface area contributed by atoms with Gasteiger partial charge in [-0.2, -0.15) is 0 Å². The van der Waals surface area contributed by atoms with Crippen LogP contribution >= 0.6 is 27.3 Å². The van der Waals surface area contributed by atoms with Gasteiger partial charge in [0.25, 0.3) is 0 Å². The fourth-order valence-corrected chi connectivity index (χ4v) is 2.15. The van der Waals surface area contributed by atoms with Crippen molar-refractivity contribution in [2.75, 3.05) is 11.9 Å². The van der Waals surface area contributed by atoms with Gasteiger partial charge in [-0.3, -0.25) is 0 Å². The van der Waals surface area contributed by atoms with E-state index in [2.05, 4.69) is 20.9 Å². The first kappa shape index (κ1) is 13.6. The number of carbonyl (C=O) groups excluding carboxylic acids is 1. The van der Waals surface area contributed by atoms with Crippen molar-refractivity contribution in [3.63, 3.8) is 0 Å². The number of halogens is 1. The monoisotopic (exact) mass is 309 g/mol. The molecule has 0 aromatic carbocycles. The predicted molar refractivity (Wildman–Crippen MR) is 62.8 cm³/mol. The summed E-state index contributed by atoms with van der Waals surface area (Å²) < 4.78 is 4.76. The van der Waals surface area contributed by atoms with Crippen LogP contribution in [0.2, 0.25) is 0 Å². The third kappa shape index (κ3) is 3.24. The van der Waals surface area contributed by atoms with Crippen LogP contribution in [0.25, 0.3) is 0 Å². The smallest absolute Gasteiger partial charge is 0.357 e. The molecule has 0 fully saturated rings. The van der Waals surface area contributed by atoms with Crippen LogP contribution in [-0.4, -0.2) is 39.2 Å². The SMILES string of the molecule is CCOC(=O)c1csc(C(O)C(O)CBr)n1. The standard InChI is InChI=1S/C9H12BrNO4S/c1-2-15-9(14)5-4-16-8(11-5)7(13)6(12)3-10/h4,6-7,12-13H,2-3H2,1H3. The molecule has 7 heteroatoms. The minimum atomic E-state index is -1.09. The fraction of sp³-hybridized carbons (Fsp3) is 0.556. The number of hydrogen-bond donors (Lipinski definition) is 2. The molecule has 1 heterocycles. The second-order valence-corrected chi connectivity index (χ2v) is 4.50. The van der Waals surface area contributed by atoms with Crippen molar-refractivity contribution in [3.05, 3.63) is 16.1 Å². The third-order valence-corrected chi connectivity index (χ3v) is 3.36. The lowest BCUT2D eigenvalue weighted by atomic mass is 10.2. The Labute approximate surface area is 105 Å². The Bertz CT molecular complexity index is 357. The zero-order valence-electron chi connectivity index (χ0n) is 8.59. The van der Waals surface area contributed by atoms with Crippen LogP contribution < -0.4 is 0 Å². The maximum atomic E-state index is 11.3. The topological polar surface area (TPSA) is 79.7 Å². The summed E-state index contributed by atoms with van der Waals surface area (Å²) in [5, 5.41) is 21.1. The van der Waals surface area contributed by atoms with Gasteiger partial charge < -0.3 is 14.9 Å². The minimum Gasteiger partial charge on any atom is -0.461 e. The fourth-order valence-electron chi connectivity index (χ4n) is 0.971. The molecule has 0 aliphatic carbocycles. The van der Waals surface area contributed by atoms with Crippen molar-refractivity contribution in [2.45, 2.75) is 19.1 Å². The highest BCUT2D eigenvalue weighted by Crippen LogP contribution is 2.22. The zero-order valence-corrected chi connectivity index (χ0v) is 11.0. The molecular weight excluding hydrogens is 298 g/mol. The van der Waals surface area contributed by atoms with Gasteiger partial charge in [0, 0.05) is 10.7 Å². The number of hydrogen-bond acceptors (Lipinski definition) is 6. The molecule has 0 bridgehead atoms. The van der Waals surface area contributed by atoms with E-state index in [0.29, 0.717) is 5.01 Å². The highest BCUT2D eigenvalue weighted by atomic mass is 79.9. The Kier molecular flexibility index (Phi) is 5.33. The van der Waals surface area contributed by atoms with Gasteiger partial charge in [0.15, 0.2) is 5.69 Å². The first-order chi connectivity index (χ1) is 7.60. The molecule has 1 aromatic heterocycles. The summed E-state index contributed by atoms with van der Waals surface area (Å²) in [5.41, 5.74) is 0.155. The van der Waals surface area contributed by atoms with Crippen LogP contribution in [0.4, 0.5) is 0 Å². The van der Waals surface area contributed by atoms with Gasteiger partial charge >= 0.3 is 5.97 Å². The first-order valence-electron chi connectivity index (χ1n) is 4.64. The Morgan fingerprint density at radius 1 is 1.69 bits per heavy atom. The van der Waals surface area contributed by atoms with Gasteiger partial charge in [-0.25, -0.2) is 9.78 Å². The maximum Gasteiger partial charge on any atom is 0.357 e. The Balaban J connectivity index is 2.74. The highest BCUT2D eigenvalue weighted by Gasteiger charge is 2.22. The van der Waals surface area contributed by atoms with Crippen LogP contribution in [0.3, 0.4) is 0 Å². The van der Waals surface area contributed by atoms with Crippen LogP contribution in [-0.2, 0) is 4.74 Å². The summed E-state index contributed by atoms with van der Waals surface area (Å²) in [7, 11) is 0. The van der Waals surface area contributed by atoms with Gasteiger partial charge in [0.1, 0.15) is 11.1 Å². The Hall–Kier alpha value is -0.500. The van der Waals surface area contributed by atoms with Gasteiger partial charge in [-0.1, -0.05) is 15.9 Å². The third-order valence-electron chi connectivity index (χ3n) is 1.78. The molecule has 0 radical (unpaired) electrons. The van der Waals surface area contributed by atoms with Gasteiger partial charge in [-0.05, 0) is 6.92 Å². The lowest BCUT2D eigenvalue weighted by Crippen LogP contribution is -2.19. The zero-order chi connectivity index (χ0) is 12.1. The van der Waals surface area contributed by atoms with Crippen molar-refractivity contribution in [2.24, 2.45) is 0 Å². The predicted octanol–water partition coefficient (Wildman–Crippen LogP) is 1.11. The molecule has 2 N–H and O–H groups in total. The Morgan fingerprint density at radius 3 is 2.94 bits per heavy atom. The molecule has 2 unspecified atom stereocenters. The molecule has 0 saturated heterocycles. The van der Waals surface area contributed by atoms with E-state index in [1.807, 2.05) is 0 Å². The van der Waals surface area contributed by atoms with E-state index in [1.165, 1.54) is 5.38 Å². The average Bonchev–Trinajstić information content (AvgIpc) is 2.76. The quantitative estimate of drug-likeness (QED) is 0.629. The number of rotatable bonds is 5. The number of aliphatic hydroxyl groups is 2. The number of esters is 1. The molecule has 16 heavy (non-hydrogen) atoms. The van der Waals surface area contributed by atoms with E-state index < -0.39 is 18.2 Å². The molecule has 0 saturated carbocycles. The second-order valence-electron chi connectivity index (χ2n) is 2.96. The molecule has 0 amide bonds. The van der Waals surface area contributed by atoms with Crippen LogP contribution in [0.15, 0.2) is 5.38 Å². The van der Waals surface area contributed by atoms with E-state index in [0.717, 1.165) is 11.3 Å². The molecule has 5 nitrogen and oxygen atoms in total. The summed E-state index contributed by atoms with van der Waals surface area (Å²) in [5.74, 6) is -0.523. The van der Waals surface area contributed by atoms with E-state index >= 15 is 0 Å². The van der Waals surface area contributed by atoms with E-state index in [9.17, 15) is 15.0 Å². The average molecular weight is 310 g/mol. The molecule has 2 atom stereocenters. The summed E-state index contributed by atoms with van der Waals surface area (Å²) in [6.45, 7) is 1.98. The number of aliphatic hydroxyl groups excluding tert-OH is 2. The highest BCUT2D eigenvalue weighted by molar-refractivity contribution is 9.09. The van der Waals surface area contributed by atoms with Gasteiger partial charge in [0.2, 0.25) is 0 Å². The molecular formula is C9H12BrNO4S. The van der Waals surface area contributed by atoms with E-state index in [4.69, 9.17) is 4.74 Å². The van der Waals surface area contributed by atoms with Crippen molar-refractivity contribution in [1.29, 1.82) is 0 Å². The molecule has 0 aliphatic rings. The molecule has 0 spiro atoms. The largest absolute Gasteiger partial charge is 0.461 e. The lowest BCUT2D eigenvalue weighted by Gasteiger charge is -2.11. The summed E-state index contributed by atoms with van der Waals surface area (Å²) in [6.07, 6.45) is -2.03. The minimum absolute atomic E-state index is 0.155. The maximum absolute atomic E-state index is 11.3. The van der Waals surface area contributed by atoms with Crippen LogP contribution in [0.1, 0.15) is 28.5 Å². The van der Waals surface area contributed by atoms with Crippen LogP contribution in [0.5, 0.6) is 0 Å². The number of carbonyl (C=O) groups is 1. The van der Waals surface area contributed by atoms with Crippen molar-refractivity contribution in [1.82, 2.24) is 4.98 Å². The van der Waals surface area contributed by atoms with Crippen molar-refractivity contribution < 1.29 is 19.7 Å². The van der Waals surface area contributed by atoms with E-state index in [-0.39, 0.29) is 17.6 Å². The number of alkyl halides is 1. The normalized spacial score (nSPS) is 14.5. The second kappa shape index (κ2) is 6.29. The molecule has 1 aromatic rings. The summed E-state index contributed by atoms with van der Waals surface area (Å²) in [6, 6.07) is 0. The van der Waals surface area contributed by atoms with Crippen molar-refractivity contribution in [3.8, 4) is 0 Å². The summed E-state index contributed by atoms with van der Waals surface area (Å²) >= 11 is 4.16. The number of ether oxygens (including phenoxy) is 1. The molecule has 1 rings (SSSR count). The van der Waals surface area contributed by atoms with Gasteiger partial charge in [0.05, 0.1) is 12.7 Å². The molecule has 90 valence electrons. The lowest BCUT2D eigenvalue weighted by molar-refractivity contribution is 0.0336. The number of aromatic nitrogens is 1. The number of thiazole rings is 1. The number of nitrogens with zero attached hydrogens (tertiary/aromatic N) is 1.